The van der Waals surface area contributed by atoms with E-state index in [1.807, 2.05) is 6.07 Å². The summed E-state index contributed by atoms with van der Waals surface area (Å²) in [6.45, 7) is 0. The highest BCUT2D eigenvalue weighted by atomic mass is 19.4. The standard InChI is InChI=1S/C18H9F6N5O/c19-17(20,21)13-7-14(18(22,23)24)29(28-13)15-5-4-12(9-26-15)27-16(30)11-3-1-2-10(6-11)8-25/h1-7,9H,(H,27,30). The number of alkyl halides is 6. The zero-order valence-corrected chi connectivity index (χ0v) is 14.6. The monoisotopic (exact) mass is 425 g/mol. The summed E-state index contributed by atoms with van der Waals surface area (Å²) in [5, 5.41) is 14.2. The van der Waals surface area contributed by atoms with E-state index in [0.29, 0.717) is 0 Å². The van der Waals surface area contributed by atoms with Crippen molar-refractivity contribution < 1.29 is 31.1 Å². The maximum atomic E-state index is 13.1. The summed E-state index contributed by atoms with van der Waals surface area (Å²) in [6.07, 6.45) is -9.20. The summed E-state index contributed by atoms with van der Waals surface area (Å²) < 4.78 is 77.7. The van der Waals surface area contributed by atoms with E-state index in [9.17, 15) is 31.1 Å². The van der Waals surface area contributed by atoms with Gasteiger partial charge in [0.15, 0.2) is 17.2 Å². The number of anilines is 1. The van der Waals surface area contributed by atoms with Gasteiger partial charge in [-0.3, -0.25) is 4.79 Å². The minimum atomic E-state index is -5.10. The number of rotatable bonds is 3. The molecule has 154 valence electrons. The smallest absolute Gasteiger partial charge is 0.321 e. The lowest BCUT2D eigenvalue weighted by atomic mass is 10.1. The molecule has 0 radical (unpaired) electrons. The SMILES string of the molecule is N#Cc1cccc(C(=O)Nc2ccc(-n3nc(C(F)(F)F)cc3C(F)(F)F)nc2)c1. The number of nitriles is 1. The van der Waals surface area contributed by atoms with Crippen LogP contribution in [0.1, 0.15) is 27.3 Å². The van der Waals surface area contributed by atoms with Gasteiger partial charge in [-0.25, -0.2) is 9.67 Å². The third-order valence-corrected chi connectivity index (χ3v) is 3.77. The van der Waals surface area contributed by atoms with Gasteiger partial charge < -0.3 is 5.32 Å². The Bertz CT molecular complexity index is 1130. The number of nitrogens with zero attached hydrogens (tertiary/aromatic N) is 4. The Morgan fingerprint density at radius 3 is 2.33 bits per heavy atom. The van der Waals surface area contributed by atoms with Crippen LogP contribution >= 0.6 is 0 Å². The number of carbonyl (C=O) groups excluding carboxylic acids is 1. The number of hydrogen-bond donors (Lipinski definition) is 1. The molecule has 0 bridgehead atoms. The van der Waals surface area contributed by atoms with E-state index in [-0.39, 0.29) is 27.6 Å². The fraction of sp³-hybridized carbons (Fsp3) is 0.111. The normalized spacial score (nSPS) is 11.8. The molecule has 0 atom stereocenters. The van der Waals surface area contributed by atoms with Gasteiger partial charge in [0.25, 0.3) is 5.91 Å². The summed E-state index contributed by atoms with van der Waals surface area (Å²) in [5.74, 6) is -1.14. The molecule has 1 amide bonds. The molecule has 0 saturated heterocycles. The van der Waals surface area contributed by atoms with Crippen molar-refractivity contribution >= 4 is 11.6 Å². The van der Waals surface area contributed by atoms with Gasteiger partial charge in [-0.15, -0.1) is 0 Å². The van der Waals surface area contributed by atoms with Gasteiger partial charge in [0.2, 0.25) is 0 Å². The highest BCUT2D eigenvalue weighted by Gasteiger charge is 2.42. The van der Waals surface area contributed by atoms with Crippen LogP contribution in [0.3, 0.4) is 0 Å². The van der Waals surface area contributed by atoms with Crippen LogP contribution < -0.4 is 5.32 Å². The van der Waals surface area contributed by atoms with E-state index in [1.54, 1.807) is 0 Å². The summed E-state index contributed by atoms with van der Waals surface area (Å²) in [6, 6.07) is 9.64. The zero-order chi connectivity index (χ0) is 22.1. The first kappa shape index (κ1) is 20.8. The molecule has 0 unspecified atom stereocenters. The fourth-order valence-corrected chi connectivity index (χ4v) is 2.41. The van der Waals surface area contributed by atoms with E-state index in [0.717, 1.165) is 18.3 Å². The van der Waals surface area contributed by atoms with Gasteiger partial charge in [0.1, 0.15) is 0 Å². The summed E-state index contributed by atoms with van der Waals surface area (Å²) in [5.41, 5.74) is -2.89. The molecule has 3 rings (SSSR count). The number of halogens is 6. The average molecular weight is 425 g/mol. The molecule has 30 heavy (non-hydrogen) atoms. The van der Waals surface area contributed by atoms with Crippen molar-refractivity contribution in [2.45, 2.75) is 12.4 Å². The van der Waals surface area contributed by atoms with Crippen molar-refractivity contribution in [3.8, 4) is 11.9 Å². The summed E-state index contributed by atoms with van der Waals surface area (Å²) in [7, 11) is 0. The third kappa shape index (κ3) is 4.40. The zero-order valence-electron chi connectivity index (χ0n) is 14.6. The Balaban J connectivity index is 1.88. The number of hydrogen-bond acceptors (Lipinski definition) is 4. The quantitative estimate of drug-likeness (QED) is 0.630. The highest BCUT2D eigenvalue weighted by Crippen LogP contribution is 2.36. The highest BCUT2D eigenvalue weighted by molar-refractivity contribution is 6.04. The molecule has 3 aromatic rings. The Labute approximate surface area is 164 Å². The molecular formula is C18H9F6N5O. The third-order valence-electron chi connectivity index (χ3n) is 3.77. The van der Waals surface area contributed by atoms with E-state index in [4.69, 9.17) is 5.26 Å². The number of amides is 1. The Morgan fingerprint density at radius 2 is 1.77 bits per heavy atom. The van der Waals surface area contributed by atoms with E-state index >= 15 is 0 Å². The lowest BCUT2D eigenvalue weighted by Crippen LogP contribution is -2.15. The van der Waals surface area contributed by atoms with Crippen molar-refractivity contribution in [2.24, 2.45) is 0 Å². The predicted molar refractivity (Wildman–Crippen MR) is 90.5 cm³/mol. The van der Waals surface area contributed by atoms with Gasteiger partial charge >= 0.3 is 12.4 Å². The van der Waals surface area contributed by atoms with Crippen LogP contribution in [-0.4, -0.2) is 20.7 Å². The molecule has 0 saturated carbocycles. The topological polar surface area (TPSA) is 83.6 Å². The van der Waals surface area contributed by atoms with Crippen LogP contribution in [0.2, 0.25) is 0 Å². The number of carbonyl (C=O) groups is 1. The van der Waals surface area contributed by atoms with Gasteiger partial charge in [0.05, 0.1) is 23.5 Å². The molecule has 1 N–H and O–H groups in total. The number of pyridine rings is 1. The van der Waals surface area contributed by atoms with Crippen LogP contribution in [-0.2, 0) is 12.4 Å². The first-order chi connectivity index (χ1) is 14.0. The molecule has 2 heterocycles. The molecule has 0 aliphatic rings. The second-order valence-electron chi connectivity index (χ2n) is 5.87. The van der Waals surface area contributed by atoms with E-state index in [1.165, 1.54) is 24.3 Å². The van der Waals surface area contributed by atoms with Crippen LogP contribution in [0.25, 0.3) is 5.82 Å². The van der Waals surface area contributed by atoms with Crippen LogP contribution in [0.4, 0.5) is 32.0 Å². The molecule has 0 aliphatic heterocycles. The van der Waals surface area contributed by atoms with Crippen LogP contribution in [0, 0.1) is 11.3 Å². The Hall–Kier alpha value is -3.88. The van der Waals surface area contributed by atoms with Crippen molar-refractivity contribution in [2.75, 3.05) is 5.32 Å². The van der Waals surface area contributed by atoms with E-state index < -0.39 is 35.5 Å². The fourth-order valence-electron chi connectivity index (χ4n) is 2.41. The van der Waals surface area contributed by atoms with Crippen molar-refractivity contribution in [1.82, 2.24) is 14.8 Å². The Morgan fingerprint density at radius 1 is 1.03 bits per heavy atom. The number of benzene rings is 1. The second-order valence-corrected chi connectivity index (χ2v) is 5.87. The minimum absolute atomic E-state index is 0.0326. The van der Waals surface area contributed by atoms with Crippen molar-refractivity contribution in [3.05, 3.63) is 71.2 Å². The van der Waals surface area contributed by atoms with Gasteiger partial charge in [0, 0.05) is 11.6 Å². The van der Waals surface area contributed by atoms with Gasteiger partial charge in [-0.2, -0.15) is 36.7 Å². The number of aromatic nitrogens is 3. The first-order valence-corrected chi connectivity index (χ1v) is 8.01. The molecule has 2 aromatic heterocycles. The Kier molecular flexibility index (Phi) is 5.22. The van der Waals surface area contributed by atoms with Crippen molar-refractivity contribution in [1.29, 1.82) is 5.26 Å². The molecule has 0 fully saturated rings. The maximum absolute atomic E-state index is 13.1. The first-order valence-electron chi connectivity index (χ1n) is 8.01. The molecule has 0 aliphatic carbocycles. The molecular weight excluding hydrogens is 416 g/mol. The second kappa shape index (κ2) is 7.51. The minimum Gasteiger partial charge on any atom is -0.321 e. The van der Waals surface area contributed by atoms with Gasteiger partial charge in [-0.05, 0) is 30.3 Å². The molecule has 6 nitrogen and oxygen atoms in total. The lowest BCUT2D eigenvalue weighted by Gasteiger charge is -2.10. The molecule has 1 aromatic carbocycles. The summed E-state index contributed by atoms with van der Waals surface area (Å²) >= 11 is 0. The maximum Gasteiger partial charge on any atom is 0.435 e. The predicted octanol–water partition coefficient (Wildman–Crippen LogP) is 4.43. The van der Waals surface area contributed by atoms with Crippen molar-refractivity contribution in [3.63, 3.8) is 0 Å². The average Bonchev–Trinajstić information content (AvgIpc) is 3.15. The van der Waals surface area contributed by atoms with Gasteiger partial charge in [-0.1, -0.05) is 6.07 Å². The molecule has 12 heteroatoms. The van der Waals surface area contributed by atoms with E-state index in [2.05, 4.69) is 15.4 Å². The molecule has 0 spiro atoms. The largest absolute Gasteiger partial charge is 0.435 e. The number of nitrogens with one attached hydrogen (secondary N) is 1. The van der Waals surface area contributed by atoms with Crippen LogP contribution in [0.15, 0.2) is 48.7 Å². The van der Waals surface area contributed by atoms with Crippen LogP contribution in [0.5, 0.6) is 0 Å². The lowest BCUT2D eigenvalue weighted by molar-refractivity contribution is -0.143. The summed E-state index contributed by atoms with van der Waals surface area (Å²) in [4.78, 5) is 15.9.